The van der Waals surface area contributed by atoms with Crippen LogP contribution in [0.4, 0.5) is 5.69 Å². The van der Waals surface area contributed by atoms with Crippen LogP contribution in [0.15, 0.2) is 60.5 Å². The highest BCUT2D eigenvalue weighted by Gasteiger charge is 2.14. The maximum Gasteiger partial charge on any atom is 0.225 e. The Labute approximate surface area is 174 Å². The number of allylic oxidation sites excluding steroid dienone is 1. The smallest absolute Gasteiger partial charge is 0.225 e. The number of benzene rings is 1. The number of hydrogen-bond acceptors (Lipinski definition) is 6. The summed E-state index contributed by atoms with van der Waals surface area (Å²) in [6, 6.07) is 9.37. The number of pyridine rings is 1. The van der Waals surface area contributed by atoms with E-state index in [2.05, 4.69) is 27.1 Å². The highest BCUT2D eigenvalue weighted by Crippen LogP contribution is 2.25. The fourth-order valence-corrected chi connectivity index (χ4v) is 3.63. The van der Waals surface area contributed by atoms with Crippen LogP contribution in [0.2, 0.25) is 0 Å². The van der Waals surface area contributed by atoms with Gasteiger partial charge in [0.1, 0.15) is 5.75 Å². The standard InChI is InChI=1S/C21H23N5O2S/c1-4-11-26-20(16-6-5-10-22-14-16)24-25-21(26)29-12-9-19(27)23-18-8-7-17(28-3)13-15(18)2/h4-8,10,13-14H,1,9,11-12H2,2-3H3,(H,23,27). The van der Waals surface area contributed by atoms with Crippen molar-refractivity contribution in [1.82, 2.24) is 19.7 Å². The Bertz CT molecular complexity index is 988. The van der Waals surface area contributed by atoms with Gasteiger partial charge in [-0.1, -0.05) is 17.8 Å². The molecule has 0 unspecified atom stereocenters. The van der Waals surface area contributed by atoms with Gasteiger partial charge in [-0.15, -0.1) is 16.8 Å². The molecule has 150 valence electrons. The fraction of sp³-hybridized carbons (Fsp3) is 0.238. The number of methoxy groups -OCH3 is 1. The molecular weight excluding hydrogens is 386 g/mol. The van der Waals surface area contributed by atoms with Gasteiger partial charge in [0, 0.05) is 42.4 Å². The molecule has 1 amide bonds. The van der Waals surface area contributed by atoms with Crippen molar-refractivity contribution in [2.75, 3.05) is 18.2 Å². The lowest BCUT2D eigenvalue weighted by atomic mass is 10.2. The summed E-state index contributed by atoms with van der Waals surface area (Å²) in [4.78, 5) is 16.5. The summed E-state index contributed by atoms with van der Waals surface area (Å²) >= 11 is 1.49. The summed E-state index contributed by atoms with van der Waals surface area (Å²) in [7, 11) is 1.62. The van der Waals surface area contributed by atoms with E-state index in [9.17, 15) is 4.79 Å². The van der Waals surface area contributed by atoms with E-state index in [1.807, 2.05) is 41.8 Å². The quantitative estimate of drug-likeness (QED) is 0.425. The molecule has 3 aromatic rings. The molecule has 0 spiro atoms. The van der Waals surface area contributed by atoms with Crippen molar-refractivity contribution in [2.45, 2.75) is 25.0 Å². The molecule has 2 aromatic heterocycles. The minimum absolute atomic E-state index is 0.0481. The van der Waals surface area contributed by atoms with E-state index in [-0.39, 0.29) is 5.91 Å². The van der Waals surface area contributed by atoms with Gasteiger partial charge in [0.15, 0.2) is 11.0 Å². The average Bonchev–Trinajstić information content (AvgIpc) is 3.13. The number of carbonyl (C=O) groups is 1. The van der Waals surface area contributed by atoms with E-state index in [1.54, 1.807) is 25.6 Å². The molecule has 0 aliphatic carbocycles. The largest absolute Gasteiger partial charge is 0.497 e. The van der Waals surface area contributed by atoms with E-state index >= 15 is 0 Å². The van der Waals surface area contributed by atoms with E-state index in [0.29, 0.717) is 18.7 Å². The Balaban J connectivity index is 1.61. The maximum atomic E-state index is 12.3. The molecule has 0 aliphatic heterocycles. The van der Waals surface area contributed by atoms with E-state index in [1.165, 1.54) is 11.8 Å². The monoisotopic (exact) mass is 409 g/mol. The molecule has 29 heavy (non-hydrogen) atoms. The summed E-state index contributed by atoms with van der Waals surface area (Å²) in [5.74, 6) is 2.04. The minimum atomic E-state index is -0.0481. The van der Waals surface area contributed by atoms with E-state index < -0.39 is 0 Å². The Morgan fingerprint density at radius 1 is 1.34 bits per heavy atom. The number of thioether (sulfide) groups is 1. The predicted molar refractivity (Wildman–Crippen MR) is 115 cm³/mol. The van der Waals surface area contributed by atoms with Crippen LogP contribution in [0.25, 0.3) is 11.4 Å². The van der Waals surface area contributed by atoms with Crippen molar-refractivity contribution in [1.29, 1.82) is 0 Å². The zero-order chi connectivity index (χ0) is 20.6. The zero-order valence-electron chi connectivity index (χ0n) is 16.5. The Morgan fingerprint density at radius 3 is 2.90 bits per heavy atom. The number of aromatic nitrogens is 4. The minimum Gasteiger partial charge on any atom is -0.497 e. The number of hydrogen-bond donors (Lipinski definition) is 1. The molecule has 0 bridgehead atoms. The summed E-state index contributed by atoms with van der Waals surface area (Å²) in [5, 5.41) is 12.3. The van der Waals surface area contributed by atoms with E-state index in [0.717, 1.165) is 33.5 Å². The number of ether oxygens (including phenoxy) is 1. The Kier molecular flexibility index (Phi) is 7.02. The summed E-state index contributed by atoms with van der Waals surface area (Å²) in [5.41, 5.74) is 2.63. The number of rotatable bonds is 9. The van der Waals surface area contributed by atoms with Crippen LogP contribution in [0.5, 0.6) is 5.75 Å². The zero-order valence-corrected chi connectivity index (χ0v) is 17.3. The van der Waals surface area contributed by atoms with Gasteiger partial charge in [-0.3, -0.25) is 14.3 Å². The van der Waals surface area contributed by atoms with Crippen molar-refractivity contribution < 1.29 is 9.53 Å². The highest BCUT2D eigenvalue weighted by atomic mass is 32.2. The number of carbonyl (C=O) groups excluding carboxylic acids is 1. The molecule has 0 saturated carbocycles. The van der Waals surface area contributed by atoms with E-state index in [4.69, 9.17) is 4.74 Å². The van der Waals surface area contributed by atoms with Gasteiger partial charge in [0.2, 0.25) is 5.91 Å². The van der Waals surface area contributed by atoms with Crippen LogP contribution in [0.3, 0.4) is 0 Å². The molecule has 0 radical (unpaired) electrons. The van der Waals surface area contributed by atoms with Gasteiger partial charge in [-0.05, 0) is 42.8 Å². The van der Waals surface area contributed by atoms with Crippen LogP contribution >= 0.6 is 11.8 Å². The van der Waals surface area contributed by atoms with Crippen molar-refractivity contribution in [3.05, 3.63) is 60.9 Å². The first-order valence-electron chi connectivity index (χ1n) is 9.14. The fourth-order valence-electron chi connectivity index (χ4n) is 2.75. The molecule has 3 rings (SSSR count). The van der Waals surface area contributed by atoms with Crippen LogP contribution in [0.1, 0.15) is 12.0 Å². The molecule has 1 aromatic carbocycles. The molecule has 0 saturated heterocycles. The molecule has 0 fully saturated rings. The molecule has 8 heteroatoms. The third kappa shape index (κ3) is 5.23. The van der Waals surface area contributed by atoms with Crippen molar-refractivity contribution in [3.8, 4) is 17.1 Å². The Morgan fingerprint density at radius 2 is 2.21 bits per heavy atom. The molecule has 0 aliphatic rings. The predicted octanol–water partition coefficient (Wildman–Crippen LogP) is 3.96. The Hall–Kier alpha value is -3.13. The van der Waals surface area contributed by atoms with Crippen LogP contribution in [0, 0.1) is 6.92 Å². The van der Waals surface area contributed by atoms with Gasteiger partial charge < -0.3 is 10.1 Å². The first-order valence-corrected chi connectivity index (χ1v) is 10.1. The molecule has 0 atom stereocenters. The van der Waals surface area contributed by atoms with Gasteiger partial charge in [-0.2, -0.15) is 0 Å². The third-order valence-electron chi connectivity index (χ3n) is 4.22. The maximum absolute atomic E-state index is 12.3. The summed E-state index contributed by atoms with van der Waals surface area (Å²) < 4.78 is 7.16. The van der Waals surface area contributed by atoms with Crippen molar-refractivity contribution in [2.24, 2.45) is 0 Å². The van der Waals surface area contributed by atoms with Gasteiger partial charge in [-0.25, -0.2) is 0 Å². The van der Waals surface area contributed by atoms with Gasteiger partial charge in [0.05, 0.1) is 7.11 Å². The lowest BCUT2D eigenvalue weighted by Gasteiger charge is -2.10. The second-order valence-corrected chi connectivity index (χ2v) is 7.34. The summed E-state index contributed by atoms with van der Waals surface area (Å²) in [6.45, 7) is 6.33. The van der Waals surface area contributed by atoms with Crippen LogP contribution in [-0.4, -0.2) is 38.5 Å². The lowest BCUT2D eigenvalue weighted by molar-refractivity contribution is -0.115. The topological polar surface area (TPSA) is 81.9 Å². The van der Waals surface area contributed by atoms with Crippen molar-refractivity contribution >= 4 is 23.4 Å². The molecule has 7 nitrogen and oxygen atoms in total. The second kappa shape index (κ2) is 9.88. The van der Waals surface area contributed by atoms with Gasteiger partial charge in [0.25, 0.3) is 0 Å². The summed E-state index contributed by atoms with van der Waals surface area (Å²) in [6.07, 6.45) is 5.63. The van der Waals surface area contributed by atoms with Crippen LogP contribution in [-0.2, 0) is 11.3 Å². The van der Waals surface area contributed by atoms with Crippen molar-refractivity contribution in [3.63, 3.8) is 0 Å². The SMILES string of the molecule is C=CCn1c(SCCC(=O)Nc2ccc(OC)cc2C)nnc1-c1cccnc1. The first-order chi connectivity index (χ1) is 14.1. The number of nitrogens with one attached hydrogen (secondary N) is 1. The average molecular weight is 410 g/mol. The van der Waals surface area contributed by atoms with Gasteiger partial charge >= 0.3 is 0 Å². The number of anilines is 1. The molecule has 2 heterocycles. The first kappa shape index (κ1) is 20.6. The lowest BCUT2D eigenvalue weighted by Crippen LogP contribution is -2.13. The molecule has 1 N–H and O–H groups in total. The normalized spacial score (nSPS) is 10.6. The highest BCUT2D eigenvalue weighted by molar-refractivity contribution is 7.99. The number of amides is 1. The number of aryl methyl sites for hydroxylation is 1. The third-order valence-corrected chi connectivity index (χ3v) is 5.18. The number of nitrogens with zero attached hydrogens (tertiary/aromatic N) is 4. The molecular formula is C21H23N5O2S. The van der Waals surface area contributed by atoms with Crippen LogP contribution < -0.4 is 10.1 Å². The second-order valence-electron chi connectivity index (χ2n) is 6.27.